The standard InChI is InChI=1S/C17H21N3O2.ClH/c1-10-14(17(21)20-16(9-18)11-3-4-11)7-12-5-6-13(22-2)8-15(12)19-10;/h5-8,11,16H,3-4,9,18H2,1-2H3,(H,20,21);1H. The Morgan fingerprint density at radius 3 is 2.78 bits per heavy atom. The van der Waals surface area contributed by atoms with Crippen molar-refractivity contribution in [1.29, 1.82) is 0 Å². The number of benzene rings is 1. The summed E-state index contributed by atoms with van der Waals surface area (Å²) in [5, 5.41) is 3.97. The molecule has 0 radical (unpaired) electrons. The molecule has 6 heteroatoms. The second-order valence-electron chi connectivity index (χ2n) is 5.83. The molecular weight excluding hydrogens is 314 g/mol. The summed E-state index contributed by atoms with van der Waals surface area (Å²) >= 11 is 0. The summed E-state index contributed by atoms with van der Waals surface area (Å²) in [6.45, 7) is 2.33. The molecule has 1 aliphatic rings. The molecule has 1 aromatic carbocycles. The van der Waals surface area contributed by atoms with Crippen LogP contribution in [0, 0.1) is 12.8 Å². The Labute approximate surface area is 142 Å². The molecule has 1 aliphatic carbocycles. The molecule has 1 fully saturated rings. The van der Waals surface area contributed by atoms with E-state index in [4.69, 9.17) is 10.5 Å². The fourth-order valence-electron chi connectivity index (χ4n) is 2.71. The number of carbonyl (C=O) groups excluding carboxylic acids is 1. The van der Waals surface area contributed by atoms with Crippen molar-refractivity contribution in [2.24, 2.45) is 11.7 Å². The van der Waals surface area contributed by atoms with Gasteiger partial charge in [-0.05, 0) is 43.9 Å². The van der Waals surface area contributed by atoms with Crippen LogP contribution in [-0.4, -0.2) is 30.6 Å². The van der Waals surface area contributed by atoms with E-state index < -0.39 is 0 Å². The first-order valence-electron chi connectivity index (χ1n) is 7.58. The molecule has 5 nitrogen and oxygen atoms in total. The summed E-state index contributed by atoms with van der Waals surface area (Å²) in [5.74, 6) is 1.20. The van der Waals surface area contributed by atoms with Gasteiger partial charge in [0.1, 0.15) is 5.75 Å². The number of hydrogen-bond donors (Lipinski definition) is 2. The van der Waals surface area contributed by atoms with Crippen LogP contribution in [0.2, 0.25) is 0 Å². The number of methoxy groups -OCH3 is 1. The van der Waals surface area contributed by atoms with E-state index >= 15 is 0 Å². The summed E-state index contributed by atoms with van der Waals surface area (Å²) in [6, 6.07) is 7.61. The molecule has 124 valence electrons. The number of aromatic nitrogens is 1. The van der Waals surface area contributed by atoms with Crippen LogP contribution in [0.4, 0.5) is 0 Å². The number of carbonyl (C=O) groups is 1. The van der Waals surface area contributed by atoms with Crippen molar-refractivity contribution in [3.05, 3.63) is 35.5 Å². The molecule has 3 rings (SSSR count). The van der Waals surface area contributed by atoms with Gasteiger partial charge in [-0.25, -0.2) is 0 Å². The normalized spacial score (nSPS) is 14.9. The number of nitrogens with one attached hydrogen (secondary N) is 1. The van der Waals surface area contributed by atoms with E-state index in [1.54, 1.807) is 7.11 Å². The Morgan fingerprint density at radius 2 is 2.17 bits per heavy atom. The van der Waals surface area contributed by atoms with Gasteiger partial charge in [0.05, 0.1) is 23.9 Å². The van der Waals surface area contributed by atoms with E-state index in [0.717, 1.165) is 29.5 Å². The molecule has 0 saturated heterocycles. The van der Waals surface area contributed by atoms with Gasteiger partial charge in [-0.1, -0.05) is 0 Å². The van der Waals surface area contributed by atoms with Gasteiger partial charge in [-0.15, -0.1) is 12.4 Å². The number of aryl methyl sites for hydroxylation is 1. The van der Waals surface area contributed by atoms with Gasteiger partial charge in [0.15, 0.2) is 0 Å². The molecule has 1 unspecified atom stereocenters. The lowest BCUT2D eigenvalue weighted by Gasteiger charge is -2.17. The Balaban J connectivity index is 0.00000192. The predicted molar refractivity (Wildman–Crippen MR) is 93.3 cm³/mol. The number of ether oxygens (including phenoxy) is 1. The SMILES string of the molecule is COc1ccc2cc(C(=O)NC(CN)C3CC3)c(C)nc2c1.Cl. The Morgan fingerprint density at radius 1 is 1.43 bits per heavy atom. The summed E-state index contributed by atoms with van der Waals surface area (Å²) in [6.07, 6.45) is 2.30. The fourth-order valence-corrected chi connectivity index (χ4v) is 2.71. The maximum atomic E-state index is 12.5. The Hall–Kier alpha value is -1.85. The van der Waals surface area contributed by atoms with Gasteiger partial charge in [-0.3, -0.25) is 9.78 Å². The van der Waals surface area contributed by atoms with Crippen molar-refractivity contribution in [2.75, 3.05) is 13.7 Å². The molecular formula is C17H22ClN3O2. The van der Waals surface area contributed by atoms with Crippen LogP contribution < -0.4 is 15.8 Å². The van der Waals surface area contributed by atoms with Gasteiger partial charge in [-0.2, -0.15) is 0 Å². The van der Waals surface area contributed by atoms with Crippen LogP contribution in [0.3, 0.4) is 0 Å². The van der Waals surface area contributed by atoms with Crippen LogP contribution in [0.1, 0.15) is 28.9 Å². The smallest absolute Gasteiger partial charge is 0.253 e. The highest BCUT2D eigenvalue weighted by atomic mass is 35.5. The number of nitrogens with zero attached hydrogens (tertiary/aromatic N) is 1. The lowest BCUT2D eigenvalue weighted by Crippen LogP contribution is -2.42. The zero-order valence-electron chi connectivity index (χ0n) is 13.3. The number of amides is 1. The topological polar surface area (TPSA) is 77.2 Å². The summed E-state index contributed by atoms with van der Waals surface area (Å²) < 4.78 is 5.21. The molecule has 1 amide bonds. The van der Waals surface area contributed by atoms with Crippen LogP contribution in [0.15, 0.2) is 24.3 Å². The minimum atomic E-state index is -0.0925. The van der Waals surface area contributed by atoms with E-state index in [1.807, 2.05) is 31.2 Å². The van der Waals surface area contributed by atoms with Gasteiger partial charge >= 0.3 is 0 Å². The number of pyridine rings is 1. The first kappa shape index (κ1) is 17.5. The van der Waals surface area contributed by atoms with Gasteiger partial charge < -0.3 is 15.8 Å². The lowest BCUT2D eigenvalue weighted by atomic mass is 10.1. The molecule has 0 spiro atoms. The van der Waals surface area contributed by atoms with E-state index in [0.29, 0.717) is 23.7 Å². The maximum Gasteiger partial charge on any atom is 0.253 e. The van der Waals surface area contributed by atoms with E-state index in [1.165, 1.54) is 0 Å². The number of fused-ring (bicyclic) bond motifs is 1. The van der Waals surface area contributed by atoms with Crippen molar-refractivity contribution in [3.8, 4) is 5.75 Å². The molecule has 1 atom stereocenters. The van der Waals surface area contributed by atoms with Crippen molar-refractivity contribution in [2.45, 2.75) is 25.8 Å². The lowest BCUT2D eigenvalue weighted by molar-refractivity contribution is 0.0932. The van der Waals surface area contributed by atoms with Crippen LogP contribution >= 0.6 is 12.4 Å². The quantitative estimate of drug-likeness (QED) is 0.879. The molecule has 23 heavy (non-hydrogen) atoms. The van der Waals surface area contributed by atoms with E-state index in [-0.39, 0.29) is 24.4 Å². The average Bonchev–Trinajstić information content (AvgIpc) is 3.35. The van der Waals surface area contributed by atoms with Gasteiger partial charge in [0, 0.05) is 24.0 Å². The molecule has 1 saturated carbocycles. The van der Waals surface area contributed by atoms with Gasteiger partial charge in [0.25, 0.3) is 5.91 Å². The van der Waals surface area contributed by atoms with Crippen LogP contribution in [-0.2, 0) is 0 Å². The molecule has 2 aromatic rings. The Bertz CT molecular complexity index is 716. The highest BCUT2D eigenvalue weighted by Crippen LogP contribution is 2.32. The second kappa shape index (κ2) is 7.15. The van der Waals surface area contributed by atoms with E-state index in [2.05, 4.69) is 10.3 Å². The van der Waals surface area contributed by atoms with Crippen LogP contribution in [0.5, 0.6) is 5.75 Å². The van der Waals surface area contributed by atoms with E-state index in [9.17, 15) is 4.79 Å². The zero-order valence-corrected chi connectivity index (χ0v) is 14.2. The molecule has 0 bridgehead atoms. The zero-order chi connectivity index (χ0) is 15.7. The molecule has 0 aliphatic heterocycles. The molecule has 1 aromatic heterocycles. The first-order valence-corrected chi connectivity index (χ1v) is 7.58. The highest BCUT2D eigenvalue weighted by Gasteiger charge is 2.31. The van der Waals surface area contributed by atoms with Crippen LogP contribution in [0.25, 0.3) is 10.9 Å². The Kier molecular flexibility index (Phi) is 5.44. The average molecular weight is 336 g/mol. The maximum absolute atomic E-state index is 12.5. The number of hydrogen-bond acceptors (Lipinski definition) is 4. The summed E-state index contributed by atoms with van der Waals surface area (Å²) in [5.41, 5.74) is 7.90. The molecule has 1 heterocycles. The third-order valence-electron chi connectivity index (χ3n) is 4.22. The van der Waals surface area contributed by atoms with Crippen molar-refractivity contribution in [1.82, 2.24) is 10.3 Å². The van der Waals surface area contributed by atoms with Crippen molar-refractivity contribution < 1.29 is 9.53 Å². The predicted octanol–water partition coefficient (Wildman–Crippen LogP) is 2.44. The number of halogens is 1. The highest BCUT2D eigenvalue weighted by molar-refractivity contribution is 5.99. The second-order valence-corrected chi connectivity index (χ2v) is 5.83. The third kappa shape index (κ3) is 3.74. The van der Waals surface area contributed by atoms with Crippen molar-refractivity contribution >= 4 is 29.2 Å². The minimum Gasteiger partial charge on any atom is -0.497 e. The molecule has 3 N–H and O–H groups in total. The number of nitrogens with two attached hydrogens (primary N) is 1. The summed E-state index contributed by atoms with van der Waals surface area (Å²) in [4.78, 5) is 17.0. The monoisotopic (exact) mass is 335 g/mol. The fraction of sp³-hybridized carbons (Fsp3) is 0.412. The largest absolute Gasteiger partial charge is 0.497 e. The minimum absolute atomic E-state index is 0. The summed E-state index contributed by atoms with van der Waals surface area (Å²) in [7, 11) is 1.63. The van der Waals surface area contributed by atoms with Crippen molar-refractivity contribution in [3.63, 3.8) is 0 Å². The van der Waals surface area contributed by atoms with Gasteiger partial charge in [0.2, 0.25) is 0 Å². The number of rotatable bonds is 5. The first-order chi connectivity index (χ1) is 10.6. The third-order valence-corrected chi connectivity index (χ3v) is 4.22.